The standard InChI is InChI=1S/C16H19ClN4O/c17-15-2-1-12(16(5-15)21-11-18-10-19-21)6-20-7-14(8-20)13-3-4-22-9-13/h1-2,5,10-11,13-14H,3-4,6-9H2. The number of hydrogen-bond donors (Lipinski definition) is 0. The van der Waals surface area contributed by atoms with Gasteiger partial charge in [0.25, 0.3) is 0 Å². The minimum atomic E-state index is 0.721. The van der Waals surface area contributed by atoms with E-state index in [2.05, 4.69) is 21.0 Å². The van der Waals surface area contributed by atoms with Gasteiger partial charge in [-0.2, -0.15) is 5.10 Å². The first-order chi connectivity index (χ1) is 10.8. The third-order valence-corrected chi connectivity index (χ3v) is 4.96. The second kappa shape index (κ2) is 5.99. The Morgan fingerprint density at radius 3 is 2.91 bits per heavy atom. The fourth-order valence-corrected chi connectivity index (χ4v) is 3.59. The van der Waals surface area contributed by atoms with Crippen LogP contribution in [0.15, 0.2) is 30.9 Å². The van der Waals surface area contributed by atoms with Crippen molar-refractivity contribution >= 4 is 11.6 Å². The second-order valence-corrected chi connectivity index (χ2v) is 6.63. The molecule has 0 amide bonds. The monoisotopic (exact) mass is 318 g/mol. The van der Waals surface area contributed by atoms with E-state index in [-0.39, 0.29) is 0 Å². The van der Waals surface area contributed by atoms with Gasteiger partial charge in [-0.25, -0.2) is 9.67 Å². The molecule has 5 nitrogen and oxygen atoms in total. The van der Waals surface area contributed by atoms with E-state index in [9.17, 15) is 0 Å². The number of hydrogen-bond acceptors (Lipinski definition) is 4. The van der Waals surface area contributed by atoms with Crippen LogP contribution in [0.3, 0.4) is 0 Å². The van der Waals surface area contributed by atoms with Crippen LogP contribution in [0.5, 0.6) is 0 Å². The molecule has 1 atom stereocenters. The van der Waals surface area contributed by atoms with Crippen LogP contribution in [0, 0.1) is 11.8 Å². The van der Waals surface area contributed by atoms with Crippen LogP contribution in [-0.2, 0) is 11.3 Å². The Kier molecular flexibility index (Phi) is 3.86. The van der Waals surface area contributed by atoms with Crippen molar-refractivity contribution in [3.63, 3.8) is 0 Å². The van der Waals surface area contributed by atoms with Gasteiger partial charge in [-0.05, 0) is 36.0 Å². The maximum atomic E-state index is 6.14. The molecular weight excluding hydrogens is 300 g/mol. The average molecular weight is 319 g/mol. The fraction of sp³-hybridized carbons (Fsp3) is 0.500. The van der Waals surface area contributed by atoms with Crippen LogP contribution >= 0.6 is 11.6 Å². The molecule has 2 saturated heterocycles. The molecule has 0 aliphatic carbocycles. The molecule has 3 heterocycles. The Morgan fingerprint density at radius 2 is 2.18 bits per heavy atom. The van der Waals surface area contributed by atoms with Crippen molar-refractivity contribution in [1.82, 2.24) is 19.7 Å². The molecule has 22 heavy (non-hydrogen) atoms. The molecule has 1 aromatic heterocycles. The Labute approximate surface area is 134 Å². The molecule has 6 heteroatoms. The topological polar surface area (TPSA) is 43.2 Å². The minimum Gasteiger partial charge on any atom is -0.381 e. The predicted octanol–water partition coefficient (Wildman–Crippen LogP) is 2.39. The van der Waals surface area contributed by atoms with Crippen LogP contribution in [-0.4, -0.2) is 46.0 Å². The van der Waals surface area contributed by atoms with Crippen LogP contribution in [0.1, 0.15) is 12.0 Å². The quantitative estimate of drug-likeness (QED) is 0.868. The molecule has 2 aliphatic rings. The molecule has 116 valence electrons. The highest BCUT2D eigenvalue weighted by molar-refractivity contribution is 6.30. The largest absolute Gasteiger partial charge is 0.381 e. The van der Waals surface area contributed by atoms with Gasteiger partial charge < -0.3 is 4.74 Å². The lowest BCUT2D eigenvalue weighted by atomic mass is 9.85. The minimum absolute atomic E-state index is 0.721. The number of benzene rings is 1. The molecule has 0 saturated carbocycles. The van der Waals surface area contributed by atoms with Crippen LogP contribution in [0.25, 0.3) is 5.69 Å². The van der Waals surface area contributed by atoms with Crippen molar-refractivity contribution in [2.24, 2.45) is 11.8 Å². The Balaban J connectivity index is 1.45. The summed E-state index contributed by atoms with van der Waals surface area (Å²) in [5.74, 6) is 1.56. The zero-order chi connectivity index (χ0) is 14.9. The number of nitrogens with zero attached hydrogens (tertiary/aromatic N) is 4. The molecule has 0 spiro atoms. The highest BCUT2D eigenvalue weighted by Crippen LogP contribution is 2.31. The van der Waals surface area contributed by atoms with Gasteiger partial charge in [-0.1, -0.05) is 17.7 Å². The molecule has 4 rings (SSSR count). The van der Waals surface area contributed by atoms with Gasteiger partial charge in [0.1, 0.15) is 12.7 Å². The first kappa shape index (κ1) is 14.2. The van der Waals surface area contributed by atoms with E-state index < -0.39 is 0 Å². The summed E-state index contributed by atoms with van der Waals surface area (Å²) in [6.45, 7) is 5.13. The first-order valence-electron chi connectivity index (χ1n) is 7.73. The Hall–Kier alpha value is -1.43. The Morgan fingerprint density at radius 1 is 1.27 bits per heavy atom. The zero-order valence-corrected chi connectivity index (χ0v) is 13.1. The van der Waals surface area contributed by atoms with Crippen LogP contribution < -0.4 is 0 Å². The molecular formula is C16H19ClN4O. The first-order valence-corrected chi connectivity index (χ1v) is 8.11. The van der Waals surface area contributed by atoms with Gasteiger partial charge in [0.15, 0.2) is 0 Å². The van der Waals surface area contributed by atoms with Gasteiger partial charge in [-0.15, -0.1) is 0 Å². The number of ether oxygens (including phenoxy) is 1. The highest BCUT2D eigenvalue weighted by Gasteiger charge is 2.35. The number of aromatic nitrogens is 3. The fourth-order valence-electron chi connectivity index (χ4n) is 3.42. The SMILES string of the molecule is Clc1ccc(CN2CC(C3CCOC3)C2)c(-n2cncn2)c1. The van der Waals surface area contributed by atoms with E-state index in [1.165, 1.54) is 12.0 Å². The van der Waals surface area contributed by atoms with Gasteiger partial charge in [0, 0.05) is 37.9 Å². The van der Waals surface area contributed by atoms with E-state index in [0.717, 1.165) is 55.4 Å². The lowest BCUT2D eigenvalue weighted by molar-refractivity contribution is 0.0444. The summed E-state index contributed by atoms with van der Waals surface area (Å²) >= 11 is 6.14. The molecule has 2 aromatic rings. The molecule has 1 aromatic carbocycles. The summed E-state index contributed by atoms with van der Waals surface area (Å²) in [6.07, 6.45) is 4.48. The lowest BCUT2D eigenvalue weighted by Gasteiger charge is -2.42. The third-order valence-electron chi connectivity index (χ3n) is 4.72. The van der Waals surface area contributed by atoms with Crippen molar-refractivity contribution in [2.75, 3.05) is 26.3 Å². The van der Waals surface area contributed by atoms with E-state index in [0.29, 0.717) is 0 Å². The average Bonchev–Trinajstić information content (AvgIpc) is 3.17. The second-order valence-electron chi connectivity index (χ2n) is 6.19. The molecule has 2 fully saturated rings. The summed E-state index contributed by atoms with van der Waals surface area (Å²) in [7, 11) is 0. The van der Waals surface area contributed by atoms with Crippen molar-refractivity contribution in [3.8, 4) is 5.69 Å². The van der Waals surface area contributed by atoms with Crippen molar-refractivity contribution < 1.29 is 4.74 Å². The predicted molar refractivity (Wildman–Crippen MR) is 84.1 cm³/mol. The van der Waals surface area contributed by atoms with E-state index >= 15 is 0 Å². The van der Waals surface area contributed by atoms with Crippen LogP contribution in [0.2, 0.25) is 5.02 Å². The summed E-state index contributed by atoms with van der Waals surface area (Å²) in [5.41, 5.74) is 2.24. The highest BCUT2D eigenvalue weighted by atomic mass is 35.5. The number of rotatable bonds is 4. The molecule has 1 unspecified atom stereocenters. The third kappa shape index (κ3) is 2.76. The maximum Gasteiger partial charge on any atom is 0.138 e. The summed E-state index contributed by atoms with van der Waals surface area (Å²) in [6, 6.07) is 5.98. The zero-order valence-electron chi connectivity index (χ0n) is 12.4. The Bertz CT molecular complexity index is 634. The van der Waals surface area contributed by atoms with Crippen molar-refractivity contribution in [2.45, 2.75) is 13.0 Å². The lowest BCUT2D eigenvalue weighted by Crippen LogP contribution is -2.49. The van der Waals surface area contributed by atoms with Crippen molar-refractivity contribution in [3.05, 3.63) is 41.4 Å². The maximum absolute atomic E-state index is 6.14. The summed E-state index contributed by atoms with van der Waals surface area (Å²) in [5, 5.41) is 4.95. The summed E-state index contributed by atoms with van der Waals surface area (Å²) < 4.78 is 7.28. The van der Waals surface area contributed by atoms with Gasteiger partial charge >= 0.3 is 0 Å². The van der Waals surface area contributed by atoms with E-state index in [1.54, 1.807) is 17.3 Å². The van der Waals surface area contributed by atoms with Crippen LogP contribution in [0.4, 0.5) is 0 Å². The number of halogens is 1. The molecule has 0 radical (unpaired) electrons. The van der Waals surface area contributed by atoms with Gasteiger partial charge in [0.05, 0.1) is 5.69 Å². The molecule has 0 bridgehead atoms. The molecule has 0 N–H and O–H groups in total. The van der Waals surface area contributed by atoms with Gasteiger partial charge in [-0.3, -0.25) is 4.90 Å². The molecule has 2 aliphatic heterocycles. The van der Waals surface area contributed by atoms with Crippen molar-refractivity contribution in [1.29, 1.82) is 0 Å². The summed E-state index contributed by atoms with van der Waals surface area (Å²) in [4.78, 5) is 6.51. The van der Waals surface area contributed by atoms with E-state index in [1.807, 2.05) is 12.1 Å². The smallest absolute Gasteiger partial charge is 0.138 e. The van der Waals surface area contributed by atoms with Gasteiger partial charge in [0.2, 0.25) is 0 Å². The van der Waals surface area contributed by atoms with E-state index in [4.69, 9.17) is 16.3 Å². The number of likely N-dealkylation sites (tertiary alicyclic amines) is 1. The normalized spacial score (nSPS) is 22.9.